The predicted octanol–water partition coefficient (Wildman–Crippen LogP) is 1.80. The van der Waals surface area contributed by atoms with E-state index in [1.165, 1.54) is 11.3 Å². The van der Waals surface area contributed by atoms with Crippen LogP contribution < -0.4 is 10.5 Å². The lowest BCUT2D eigenvalue weighted by molar-refractivity contribution is 0.319. The second-order valence-electron chi connectivity index (χ2n) is 4.32. The van der Waals surface area contributed by atoms with Gasteiger partial charge in [-0.05, 0) is 12.1 Å². The van der Waals surface area contributed by atoms with Crippen LogP contribution in [-0.4, -0.2) is 26.6 Å². The van der Waals surface area contributed by atoms with Crippen molar-refractivity contribution < 1.29 is 4.74 Å². The fourth-order valence-corrected chi connectivity index (χ4v) is 2.61. The highest BCUT2D eigenvalue weighted by molar-refractivity contribution is 7.12. The van der Waals surface area contributed by atoms with Crippen LogP contribution in [0, 0.1) is 0 Å². The minimum absolute atomic E-state index is 0.353. The van der Waals surface area contributed by atoms with Gasteiger partial charge in [-0.2, -0.15) is 4.68 Å². The van der Waals surface area contributed by atoms with Gasteiger partial charge in [0.1, 0.15) is 11.4 Å². The van der Waals surface area contributed by atoms with Crippen LogP contribution in [0.15, 0.2) is 41.9 Å². The van der Waals surface area contributed by atoms with Crippen molar-refractivity contribution in [3.8, 4) is 10.9 Å². The average molecular weight is 301 g/mol. The molecule has 3 rings (SSSR count). The molecule has 108 valence electrons. The van der Waals surface area contributed by atoms with Crippen molar-refractivity contribution in [3.05, 3.63) is 53.3 Å². The van der Waals surface area contributed by atoms with Crippen molar-refractivity contribution in [1.29, 1.82) is 0 Å². The zero-order valence-electron chi connectivity index (χ0n) is 11.3. The van der Waals surface area contributed by atoms with Gasteiger partial charge < -0.3 is 10.5 Å². The summed E-state index contributed by atoms with van der Waals surface area (Å²) in [5.41, 5.74) is 7.45. The minimum Gasteiger partial charge on any atom is -0.493 e. The lowest BCUT2D eigenvalue weighted by Gasteiger charge is -2.07. The molecule has 0 spiro atoms. The lowest BCUT2D eigenvalue weighted by atomic mass is 10.2. The molecule has 0 aliphatic rings. The van der Waals surface area contributed by atoms with Crippen molar-refractivity contribution in [2.24, 2.45) is 5.73 Å². The van der Waals surface area contributed by atoms with Gasteiger partial charge in [0.25, 0.3) is 0 Å². The van der Waals surface area contributed by atoms with E-state index in [2.05, 4.69) is 15.3 Å². The van der Waals surface area contributed by atoms with Crippen LogP contribution in [0.5, 0.6) is 5.75 Å². The van der Waals surface area contributed by atoms with E-state index in [1.807, 2.05) is 35.7 Å². The first-order valence-corrected chi connectivity index (χ1v) is 7.47. The Morgan fingerprint density at radius 3 is 2.81 bits per heavy atom. The molecule has 0 aliphatic carbocycles. The maximum absolute atomic E-state index is 5.73. The Bertz CT molecular complexity index is 681. The Morgan fingerprint density at radius 2 is 2.10 bits per heavy atom. The lowest BCUT2D eigenvalue weighted by Crippen LogP contribution is -2.10. The number of para-hydroxylation sites is 1. The molecule has 0 radical (unpaired) electrons. The van der Waals surface area contributed by atoms with E-state index >= 15 is 0 Å². The quantitative estimate of drug-likeness (QED) is 0.751. The number of hydrogen-bond acceptors (Lipinski definition) is 6. The van der Waals surface area contributed by atoms with Crippen LogP contribution in [-0.2, 0) is 13.0 Å². The molecule has 0 unspecified atom stereocenters. The number of nitrogens with zero attached hydrogens (tertiary/aromatic N) is 4. The van der Waals surface area contributed by atoms with E-state index in [9.17, 15) is 0 Å². The maximum atomic E-state index is 5.73. The topological polar surface area (TPSA) is 78.9 Å². The molecule has 0 atom stereocenters. The van der Waals surface area contributed by atoms with Crippen molar-refractivity contribution >= 4 is 11.3 Å². The molecule has 0 amide bonds. The molecule has 3 aromatic rings. The molecule has 2 N–H and O–H groups in total. The Hall–Kier alpha value is -2.25. The van der Waals surface area contributed by atoms with Gasteiger partial charge in [-0.25, -0.2) is 4.98 Å². The van der Waals surface area contributed by atoms with E-state index < -0.39 is 0 Å². The van der Waals surface area contributed by atoms with Crippen molar-refractivity contribution in [2.45, 2.75) is 13.0 Å². The largest absolute Gasteiger partial charge is 0.493 e. The molecule has 0 saturated heterocycles. The van der Waals surface area contributed by atoms with Gasteiger partial charge in [-0.15, -0.1) is 16.4 Å². The van der Waals surface area contributed by atoms with Gasteiger partial charge in [0.05, 0.1) is 12.3 Å². The van der Waals surface area contributed by atoms with E-state index in [4.69, 9.17) is 10.5 Å². The third kappa shape index (κ3) is 3.09. The second-order valence-corrected chi connectivity index (χ2v) is 5.20. The Kier molecular flexibility index (Phi) is 4.23. The van der Waals surface area contributed by atoms with Crippen LogP contribution in [0.4, 0.5) is 0 Å². The highest BCUT2D eigenvalue weighted by atomic mass is 32.1. The minimum atomic E-state index is 0.353. The number of thiazole rings is 1. The van der Waals surface area contributed by atoms with Gasteiger partial charge in [-0.1, -0.05) is 23.4 Å². The molecule has 0 fully saturated rings. The fourth-order valence-electron chi connectivity index (χ4n) is 2.00. The summed E-state index contributed by atoms with van der Waals surface area (Å²) in [6.07, 6.45) is 2.42. The van der Waals surface area contributed by atoms with Gasteiger partial charge in [0, 0.05) is 24.5 Å². The molecule has 6 nitrogen and oxygen atoms in total. The highest BCUT2D eigenvalue weighted by Crippen LogP contribution is 2.16. The first kappa shape index (κ1) is 13.7. The second kappa shape index (κ2) is 6.47. The molecule has 0 aliphatic heterocycles. The molecular formula is C14H15N5OS. The predicted molar refractivity (Wildman–Crippen MR) is 80.6 cm³/mol. The molecule has 21 heavy (non-hydrogen) atoms. The third-order valence-corrected chi connectivity index (χ3v) is 3.74. The number of ether oxygens (including phenoxy) is 1. The monoisotopic (exact) mass is 301 g/mol. The van der Waals surface area contributed by atoms with Crippen LogP contribution in [0.2, 0.25) is 0 Å². The summed E-state index contributed by atoms with van der Waals surface area (Å²) in [5.74, 6) is 0.847. The summed E-state index contributed by atoms with van der Waals surface area (Å²) in [6, 6.07) is 9.71. The first-order chi connectivity index (χ1) is 10.4. The van der Waals surface area contributed by atoms with Crippen LogP contribution >= 0.6 is 11.3 Å². The van der Waals surface area contributed by atoms with Crippen LogP contribution in [0.1, 0.15) is 11.4 Å². The Morgan fingerprint density at radius 1 is 1.24 bits per heavy atom. The van der Waals surface area contributed by atoms with Gasteiger partial charge in [-0.3, -0.25) is 0 Å². The normalized spacial score (nSPS) is 10.7. The Balaban J connectivity index is 1.73. The van der Waals surface area contributed by atoms with Gasteiger partial charge in [0.2, 0.25) is 5.13 Å². The first-order valence-electron chi connectivity index (χ1n) is 6.59. The van der Waals surface area contributed by atoms with E-state index in [0.717, 1.165) is 22.3 Å². The average Bonchev–Trinajstić information content (AvgIpc) is 3.17. The molecule has 7 heteroatoms. The summed E-state index contributed by atoms with van der Waals surface area (Å²) < 4.78 is 7.46. The summed E-state index contributed by atoms with van der Waals surface area (Å²) in [7, 11) is 0. The highest BCUT2D eigenvalue weighted by Gasteiger charge is 2.14. The summed E-state index contributed by atoms with van der Waals surface area (Å²) >= 11 is 1.51. The standard InChI is InChI=1S/C14H15N5OS/c15-10-12-13(6-8-20-11-4-2-1-3-5-11)19(18-17-12)14-16-7-9-21-14/h1-5,7,9H,6,8,10,15H2. The van der Waals surface area contributed by atoms with Crippen molar-refractivity contribution in [3.63, 3.8) is 0 Å². The van der Waals surface area contributed by atoms with Crippen LogP contribution in [0.3, 0.4) is 0 Å². The number of rotatable bonds is 6. The molecule has 2 heterocycles. The molecule has 2 aromatic heterocycles. The van der Waals surface area contributed by atoms with Crippen molar-refractivity contribution in [1.82, 2.24) is 20.0 Å². The summed E-state index contributed by atoms with van der Waals surface area (Å²) in [6.45, 7) is 0.891. The Labute approximate surface area is 126 Å². The van der Waals surface area contributed by atoms with Crippen molar-refractivity contribution in [2.75, 3.05) is 6.61 Å². The molecular weight excluding hydrogens is 286 g/mol. The number of aromatic nitrogens is 4. The maximum Gasteiger partial charge on any atom is 0.211 e. The van der Waals surface area contributed by atoms with Crippen LogP contribution in [0.25, 0.3) is 5.13 Å². The molecule has 1 aromatic carbocycles. The zero-order chi connectivity index (χ0) is 14.5. The third-order valence-electron chi connectivity index (χ3n) is 2.99. The molecule has 0 bridgehead atoms. The number of nitrogens with two attached hydrogens (primary N) is 1. The summed E-state index contributed by atoms with van der Waals surface area (Å²) in [4.78, 5) is 4.26. The number of benzene rings is 1. The van der Waals surface area contributed by atoms with E-state index in [0.29, 0.717) is 19.6 Å². The smallest absolute Gasteiger partial charge is 0.211 e. The van der Waals surface area contributed by atoms with Gasteiger partial charge in [0.15, 0.2) is 0 Å². The number of hydrogen-bond donors (Lipinski definition) is 1. The SMILES string of the molecule is NCc1nnn(-c2nccs2)c1CCOc1ccccc1. The molecule has 0 saturated carbocycles. The summed E-state index contributed by atoms with van der Waals surface area (Å²) in [5, 5.41) is 10.9. The fraction of sp³-hybridized carbons (Fsp3) is 0.214. The van der Waals surface area contributed by atoms with E-state index in [1.54, 1.807) is 10.9 Å². The van der Waals surface area contributed by atoms with Gasteiger partial charge >= 0.3 is 0 Å². The zero-order valence-corrected chi connectivity index (χ0v) is 12.2. The van der Waals surface area contributed by atoms with E-state index in [-0.39, 0.29) is 0 Å².